The first kappa shape index (κ1) is 16.2. The molecule has 3 aromatic carbocycles. The van der Waals surface area contributed by atoms with Crippen LogP contribution < -0.4 is 5.32 Å². The van der Waals surface area contributed by atoms with Crippen LogP contribution in [0.15, 0.2) is 72.8 Å². The smallest absolute Gasteiger partial charge is 0.120 e. The third-order valence-corrected chi connectivity index (χ3v) is 4.60. The highest BCUT2D eigenvalue weighted by Crippen LogP contribution is 2.23. The molecule has 0 spiro atoms. The Labute approximate surface area is 152 Å². The molecular weight excluding hydrogens is 322 g/mol. The molecule has 0 saturated carbocycles. The molecule has 0 aliphatic heterocycles. The first-order chi connectivity index (χ1) is 12.7. The number of imidazole rings is 1. The van der Waals surface area contributed by atoms with Crippen LogP contribution in [-0.4, -0.2) is 14.7 Å². The standard InChI is InChI=1S/C22H21N3O/c1-16-24-20-13-19(23-14-18-9-5-6-10-22(18)26)11-12-21(20)25(16)15-17-7-3-2-4-8-17/h2-13,23,26H,14-15H2,1H3. The molecule has 0 atom stereocenters. The van der Waals surface area contributed by atoms with Gasteiger partial charge in [0.2, 0.25) is 0 Å². The van der Waals surface area contributed by atoms with E-state index in [0.29, 0.717) is 12.3 Å². The third-order valence-electron chi connectivity index (χ3n) is 4.60. The Morgan fingerprint density at radius 2 is 1.73 bits per heavy atom. The lowest BCUT2D eigenvalue weighted by molar-refractivity contribution is 0.469. The number of fused-ring (bicyclic) bond motifs is 1. The van der Waals surface area contributed by atoms with Gasteiger partial charge >= 0.3 is 0 Å². The summed E-state index contributed by atoms with van der Waals surface area (Å²) in [5.41, 5.74) is 5.22. The second-order valence-electron chi connectivity index (χ2n) is 6.42. The molecule has 26 heavy (non-hydrogen) atoms. The molecule has 0 amide bonds. The van der Waals surface area contributed by atoms with Crippen LogP contribution in [0.3, 0.4) is 0 Å². The predicted molar refractivity (Wildman–Crippen MR) is 105 cm³/mol. The fourth-order valence-electron chi connectivity index (χ4n) is 3.18. The Morgan fingerprint density at radius 3 is 2.54 bits per heavy atom. The molecule has 4 aromatic rings. The van der Waals surface area contributed by atoms with Crippen LogP contribution in [0, 0.1) is 6.92 Å². The van der Waals surface area contributed by atoms with Crippen molar-refractivity contribution >= 4 is 16.7 Å². The van der Waals surface area contributed by atoms with Crippen LogP contribution in [0.5, 0.6) is 5.75 Å². The molecular formula is C22H21N3O. The van der Waals surface area contributed by atoms with Crippen LogP contribution in [0.2, 0.25) is 0 Å². The molecule has 4 nitrogen and oxygen atoms in total. The predicted octanol–water partition coefficient (Wildman–Crippen LogP) is 4.71. The van der Waals surface area contributed by atoms with Gasteiger partial charge in [-0.25, -0.2) is 4.98 Å². The van der Waals surface area contributed by atoms with Crippen molar-refractivity contribution in [2.75, 3.05) is 5.32 Å². The van der Waals surface area contributed by atoms with E-state index in [2.05, 4.69) is 52.3 Å². The topological polar surface area (TPSA) is 50.1 Å². The zero-order chi connectivity index (χ0) is 17.9. The van der Waals surface area contributed by atoms with Crippen LogP contribution in [-0.2, 0) is 13.1 Å². The number of hydrogen-bond acceptors (Lipinski definition) is 3. The number of phenolic OH excluding ortho intramolecular Hbond substituents is 1. The van der Waals surface area contributed by atoms with Crippen LogP contribution >= 0.6 is 0 Å². The lowest BCUT2D eigenvalue weighted by Crippen LogP contribution is -2.02. The summed E-state index contributed by atoms with van der Waals surface area (Å²) in [7, 11) is 0. The Bertz CT molecular complexity index is 1040. The molecule has 4 heteroatoms. The monoisotopic (exact) mass is 343 g/mol. The normalized spacial score (nSPS) is 11.0. The summed E-state index contributed by atoms with van der Waals surface area (Å²) >= 11 is 0. The highest BCUT2D eigenvalue weighted by Gasteiger charge is 2.09. The van der Waals surface area contributed by atoms with Crippen molar-refractivity contribution in [3.63, 3.8) is 0 Å². The summed E-state index contributed by atoms with van der Waals surface area (Å²) in [6, 6.07) is 24.0. The summed E-state index contributed by atoms with van der Waals surface area (Å²) in [6.07, 6.45) is 0. The summed E-state index contributed by atoms with van der Waals surface area (Å²) in [6.45, 7) is 3.42. The molecule has 0 unspecified atom stereocenters. The number of benzene rings is 3. The van der Waals surface area contributed by atoms with Crippen LogP contribution in [0.1, 0.15) is 17.0 Å². The third kappa shape index (κ3) is 3.26. The Hall–Kier alpha value is -3.27. The van der Waals surface area contributed by atoms with Crippen molar-refractivity contribution in [2.45, 2.75) is 20.0 Å². The molecule has 0 radical (unpaired) electrons. The number of aromatic hydroxyl groups is 1. The number of phenols is 1. The lowest BCUT2D eigenvalue weighted by atomic mass is 10.2. The number of nitrogens with one attached hydrogen (secondary N) is 1. The van der Waals surface area contributed by atoms with E-state index in [1.54, 1.807) is 6.07 Å². The largest absolute Gasteiger partial charge is 0.508 e. The van der Waals surface area contributed by atoms with Crippen molar-refractivity contribution in [3.8, 4) is 5.75 Å². The van der Waals surface area contributed by atoms with E-state index < -0.39 is 0 Å². The van der Waals surface area contributed by atoms with Gasteiger partial charge < -0.3 is 15.0 Å². The number of anilines is 1. The minimum Gasteiger partial charge on any atom is -0.508 e. The van der Waals surface area contributed by atoms with E-state index in [-0.39, 0.29) is 0 Å². The number of hydrogen-bond donors (Lipinski definition) is 2. The van der Waals surface area contributed by atoms with E-state index in [1.807, 2.05) is 31.2 Å². The average Bonchev–Trinajstić information content (AvgIpc) is 2.97. The van der Waals surface area contributed by atoms with Crippen LogP contribution in [0.25, 0.3) is 11.0 Å². The van der Waals surface area contributed by atoms with Crippen molar-refractivity contribution < 1.29 is 5.11 Å². The van der Waals surface area contributed by atoms with Crippen molar-refractivity contribution in [1.29, 1.82) is 0 Å². The second-order valence-corrected chi connectivity index (χ2v) is 6.42. The minimum absolute atomic E-state index is 0.309. The number of rotatable bonds is 5. The zero-order valence-corrected chi connectivity index (χ0v) is 14.7. The van der Waals surface area contributed by atoms with Gasteiger partial charge in [-0.1, -0.05) is 48.5 Å². The molecule has 0 aliphatic carbocycles. The van der Waals surface area contributed by atoms with E-state index >= 15 is 0 Å². The molecule has 2 N–H and O–H groups in total. The van der Waals surface area contributed by atoms with Crippen molar-refractivity contribution in [3.05, 3.63) is 89.7 Å². The Morgan fingerprint density at radius 1 is 0.962 bits per heavy atom. The van der Waals surface area contributed by atoms with Gasteiger partial charge in [0.1, 0.15) is 11.6 Å². The molecule has 0 bridgehead atoms. The maximum absolute atomic E-state index is 9.88. The average molecular weight is 343 g/mol. The Kier molecular flexibility index (Phi) is 4.32. The zero-order valence-electron chi connectivity index (χ0n) is 14.7. The maximum atomic E-state index is 9.88. The highest BCUT2D eigenvalue weighted by molar-refractivity contribution is 5.80. The van der Waals surface area contributed by atoms with E-state index in [4.69, 9.17) is 4.98 Å². The van der Waals surface area contributed by atoms with E-state index in [1.165, 1.54) is 5.56 Å². The molecule has 0 aliphatic rings. The van der Waals surface area contributed by atoms with Crippen molar-refractivity contribution in [2.24, 2.45) is 0 Å². The molecule has 0 fully saturated rings. The molecule has 1 aromatic heterocycles. The first-order valence-corrected chi connectivity index (χ1v) is 8.72. The van der Waals surface area contributed by atoms with Gasteiger partial charge in [-0.05, 0) is 36.8 Å². The second kappa shape index (κ2) is 6.92. The fourth-order valence-corrected chi connectivity index (χ4v) is 3.18. The summed E-state index contributed by atoms with van der Waals surface area (Å²) in [4.78, 5) is 4.72. The SMILES string of the molecule is Cc1nc2cc(NCc3ccccc3O)ccc2n1Cc1ccccc1. The molecule has 4 rings (SSSR count). The first-order valence-electron chi connectivity index (χ1n) is 8.72. The van der Waals surface area contributed by atoms with E-state index in [9.17, 15) is 5.11 Å². The van der Waals surface area contributed by atoms with Gasteiger partial charge in [-0.15, -0.1) is 0 Å². The maximum Gasteiger partial charge on any atom is 0.120 e. The lowest BCUT2D eigenvalue weighted by Gasteiger charge is -2.09. The number of para-hydroxylation sites is 1. The quantitative estimate of drug-likeness (QED) is 0.552. The van der Waals surface area contributed by atoms with Gasteiger partial charge in [0.25, 0.3) is 0 Å². The van der Waals surface area contributed by atoms with Gasteiger partial charge in [0.05, 0.1) is 11.0 Å². The number of nitrogens with zero attached hydrogens (tertiary/aromatic N) is 2. The van der Waals surface area contributed by atoms with Crippen molar-refractivity contribution in [1.82, 2.24) is 9.55 Å². The Balaban J connectivity index is 1.57. The van der Waals surface area contributed by atoms with Gasteiger partial charge in [0, 0.05) is 24.3 Å². The highest BCUT2D eigenvalue weighted by atomic mass is 16.3. The van der Waals surface area contributed by atoms with Gasteiger partial charge in [-0.2, -0.15) is 0 Å². The number of aryl methyl sites for hydroxylation is 1. The van der Waals surface area contributed by atoms with Gasteiger partial charge in [0.15, 0.2) is 0 Å². The summed E-state index contributed by atoms with van der Waals surface area (Å²) in [5, 5.41) is 13.2. The molecule has 0 saturated heterocycles. The summed E-state index contributed by atoms with van der Waals surface area (Å²) in [5.74, 6) is 1.31. The molecule has 1 heterocycles. The number of aromatic nitrogens is 2. The summed E-state index contributed by atoms with van der Waals surface area (Å²) < 4.78 is 2.23. The van der Waals surface area contributed by atoms with E-state index in [0.717, 1.165) is 34.7 Å². The van der Waals surface area contributed by atoms with Crippen LogP contribution in [0.4, 0.5) is 5.69 Å². The molecule has 130 valence electrons. The fraction of sp³-hybridized carbons (Fsp3) is 0.136. The van der Waals surface area contributed by atoms with Gasteiger partial charge in [-0.3, -0.25) is 0 Å². The minimum atomic E-state index is 0.309.